The highest BCUT2D eigenvalue weighted by atomic mass is 32.1. The van der Waals surface area contributed by atoms with Crippen molar-refractivity contribution in [1.29, 1.82) is 0 Å². The molecule has 0 saturated heterocycles. The van der Waals surface area contributed by atoms with Gasteiger partial charge in [-0.15, -0.1) is 11.3 Å². The first-order chi connectivity index (χ1) is 12.0. The summed E-state index contributed by atoms with van der Waals surface area (Å²) in [6.07, 6.45) is 1.75. The Kier molecular flexibility index (Phi) is 6.76. The van der Waals surface area contributed by atoms with E-state index in [0.717, 1.165) is 17.1 Å². The molecule has 8 heteroatoms. The van der Waals surface area contributed by atoms with E-state index in [9.17, 15) is 9.59 Å². The van der Waals surface area contributed by atoms with Crippen LogP contribution in [0, 0.1) is 0 Å². The van der Waals surface area contributed by atoms with E-state index in [4.69, 9.17) is 14.6 Å². The normalized spacial score (nSPS) is 10.3. The molecule has 0 saturated carbocycles. The van der Waals surface area contributed by atoms with E-state index in [1.165, 1.54) is 16.7 Å². The summed E-state index contributed by atoms with van der Waals surface area (Å²) in [4.78, 5) is 26.6. The van der Waals surface area contributed by atoms with E-state index in [1.807, 2.05) is 18.2 Å². The summed E-state index contributed by atoms with van der Waals surface area (Å²) in [7, 11) is 3.20. The monoisotopic (exact) mass is 364 g/mol. The predicted octanol–water partition coefficient (Wildman–Crippen LogP) is 2.50. The van der Waals surface area contributed by atoms with Crippen LogP contribution in [0.2, 0.25) is 0 Å². The molecular formula is C17H20N2O5S. The van der Waals surface area contributed by atoms with Crippen LogP contribution in [-0.4, -0.2) is 36.2 Å². The molecule has 0 unspecified atom stereocenters. The number of ether oxygens (including phenoxy) is 2. The van der Waals surface area contributed by atoms with Crippen LogP contribution in [0.1, 0.15) is 33.9 Å². The number of aryl methyl sites for hydroxylation is 1. The first kappa shape index (κ1) is 18.7. The molecule has 0 bridgehead atoms. The summed E-state index contributed by atoms with van der Waals surface area (Å²) in [5.74, 6) is 0.299. The van der Waals surface area contributed by atoms with Crippen LogP contribution < -0.4 is 14.8 Å². The van der Waals surface area contributed by atoms with Gasteiger partial charge < -0.3 is 19.9 Å². The number of aromatic carboxylic acids is 1. The number of carboxylic acid groups (broad SMARTS) is 1. The van der Waals surface area contributed by atoms with Crippen molar-refractivity contribution in [2.45, 2.75) is 25.8 Å². The fourth-order valence-electron chi connectivity index (χ4n) is 2.25. The number of amides is 1. The zero-order valence-electron chi connectivity index (χ0n) is 14.1. The van der Waals surface area contributed by atoms with Crippen LogP contribution >= 0.6 is 11.3 Å². The van der Waals surface area contributed by atoms with Gasteiger partial charge in [-0.2, -0.15) is 0 Å². The number of thiazole rings is 1. The number of rotatable bonds is 9. The Balaban J connectivity index is 1.77. The predicted molar refractivity (Wildman–Crippen MR) is 93.4 cm³/mol. The highest BCUT2D eigenvalue weighted by Crippen LogP contribution is 2.25. The minimum absolute atomic E-state index is 0.000787. The summed E-state index contributed by atoms with van der Waals surface area (Å²) in [5.41, 5.74) is 1.02. The van der Waals surface area contributed by atoms with Crippen LogP contribution in [0.3, 0.4) is 0 Å². The minimum atomic E-state index is -1.07. The lowest BCUT2D eigenvalue weighted by Crippen LogP contribution is -2.22. The molecular weight excluding hydrogens is 344 g/mol. The van der Waals surface area contributed by atoms with Crippen molar-refractivity contribution in [3.63, 3.8) is 0 Å². The third kappa shape index (κ3) is 5.46. The van der Waals surface area contributed by atoms with E-state index in [2.05, 4.69) is 10.3 Å². The number of carbonyl (C=O) groups is 2. The van der Waals surface area contributed by atoms with Crippen LogP contribution in [0.4, 0.5) is 0 Å². The van der Waals surface area contributed by atoms with E-state index < -0.39 is 5.97 Å². The number of hydrogen-bond donors (Lipinski definition) is 2. The number of carboxylic acids is 1. The molecule has 0 fully saturated rings. The van der Waals surface area contributed by atoms with Crippen molar-refractivity contribution >= 4 is 23.2 Å². The SMILES string of the molecule is COc1ccc(CCCC(=O)NCc2nc(C(=O)O)cs2)c(OC)c1. The minimum Gasteiger partial charge on any atom is -0.497 e. The molecule has 2 rings (SSSR count). The van der Waals surface area contributed by atoms with Gasteiger partial charge in [-0.1, -0.05) is 6.07 Å². The highest BCUT2D eigenvalue weighted by Gasteiger charge is 2.10. The average molecular weight is 364 g/mol. The highest BCUT2D eigenvalue weighted by molar-refractivity contribution is 7.09. The van der Waals surface area contributed by atoms with Gasteiger partial charge in [0.05, 0.1) is 20.8 Å². The standard InChI is InChI=1S/C17H20N2O5S/c1-23-12-7-6-11(14(8-12)24-2)4-3-5-15(20)18-9-16-19-13(10-25-16)17(21)22/h6-8,10H,3-5,9H2,1-2H3,(H,18,20)(H,21,22). The molecule has 2 N–H and O–H groups in total. The van der Waals surface area contributed by atoms with Crippen LogP contribution in [0.25, 0.3) is 0 Å². The van der Waals surface area contributed by atoms with Crippen molar-refractivity contribution < 1.29 is 24.2 Å². The molecule has 2 aromatic rings. The Labute approximate surface area is 149 Å². The Bertz CT molecular complexity index is 744. The summed E-state index contributed by atoms with van der Waals surface area (Å²) in [6, 6.07) is 5.61. The van der Waals surface area contributed by atoms with Crippen molar-refractivity contribution in [3.8, 4) is 11.5 Å². The topological polar surface area (TPSA) is 97.8 Å². The van der Waals surface area contributed by atoms with Gasteiger partial charge in [0, 0.05) is 17.9 Å². The van der Waals surface area contributed by atoms with Gasteiger partial charge in [-0.25, -0.2) is 9.78 Å². The van der Waals surface area contributed by atoms with Gasteiger partial charge >= 0.3 is 5.97 Å². The number of carbonyl (C=O) groups excluding carboxylic acids is 1. The lowest BCUT2D eigenvalue weighted by Gasteiger charge is -2.10. The number of nitrogens with zero attached hydrogens (tertiary/aromatic N) is 1. The molecule has 0 aliphatic carbocycles. The molecule has 1 aromatic carbocycles. The van der Waals surface area contributed by atoms with E-state index >= 15 is 0 Å². The Morgan fingerprint density at radius 2 is 2.08 bits per heavy atom. The van der Waals surface area contributed by atoms with Crippen LogP contribution in [0.15, 0.2) is 23.6 Å². The van der Waals surface area contributed by atoms with Gasteiger partial charge in [0.15, 0.2) is 5.69 Å². The fourth-order valence-corrected chi connectivity index (χ4v) is 2.96. The lowest BCUT2D eigenvalue weighted by molar-refractivity contribution is -0.121. The molecule has 1 aromatic heterocycles. The van der Waals surface area contributed by atoms with Crippen LogP contribution in [-0.2, 0) is 17.8 Å². The quantitative estimate of drug-likeness (QED) is 0.709. The van der Waals surface area contributed by atoms with E-state index in [0.29, 0.717) is 24.3 Å². The Morgan fingerprint density at radius 3 is 2.72 bits per heavy atom. The van der Waals surface area contributed by atoms with E-state index in [-0.39, 0.29) is 18.1 Å². The summed E-state index contributed by atoms with van der Waals surface area (Å²) in [5, 5.41) is 13.6. The largest absolute Gasteiger partial charge is 0.497 e. The summed E-state index contributed by atoms with van der Waals surface area (Å²) in [6.45, 7) is 0.239. The van der Waals surface area contributed by atoms with Gasteiger partial charge in [0.2, 0.25) is 5.91 Å². The molecule has 7 nitrogen and oxygen atoms in total. The molecule has 0 aliphatic rings. The van der Waals surface area contributed by atoms with Crippen molar-refractivity contribution in [2.75, 3.05) is 14.2 Å². The first-order valence-corrected chi connectivity index (χ1v) is 8.56. The molecule has 0 spiro atoms. The molecule has 0 aliphatic heterocycles. The molecule has 0 atom stereocenters. The number of aromatic nitrogens is 1. The second kappa shape index (κ2) is 9.03. The Morgan fingerprint density at radius 1 is 1.28 bits per heavy atom. The maximum atomic E-state index is 11.9. The van der Waals surface area contributed by atoms with Gasteiger partial charge in [-0.3, -0.25) is 4.79 Å². The van der Waals surface area contributed by atoms with Crippen molar-refractivity contribution in [3.05, 3.63) is 39.8 Å². The molecule has 134 valence electrons. The van der Waals surface area contributed by atoms with Crippen molar-refractivity contribution in [2.24, 2.45) is 0 Å². The maximum absolute atomic E-state index is 11.9. The van der Waals surface area contributed by atoms with Gasteiger partial charge in [0.25, 0.3) is 0 Å². The second-order valence-electron chi connectivity index (χ2n) is 5.24. The summed E-state index contributed by atoms with van der Waals surface area (Å²) < 4.78 is 10.5. The average Bonchev–Trinajstić information content (AvgIpc) is 3.09. The number of benzene rings is 1. The third-order valence-electron chi connectivity index (χ3n) is 3.55. The smallest absolute Gasteiger partial charge is 0.355 e. The molecule has 0 radical (unpaired) electrons. The van der Waals surface area contributed by atoms with Crippen molar-refractivity contribution in [1.82, 2.24) is 10.3 Å². The third-order valence-corrected chi connectivity index (χ3v) is 4.40. The Hall–Kier alpha value is -2.61. The van der Waals surface area contributed by atoms with Gasteiger partial charge in [-0.05, 0) is 24.5 Å². The number of methoxy groups -OCH3 is 2. The molecule has 1 heterocycles. The fraction of sp³-hybridized carbons (Fsp3) is 0.353. The zero-order valence-corrected chi connectivity index (χ0v) is 14.9. The molecule has 1 amide bonds. The number of hydrogen-bond acceptors (Lipinski definition) is 6. The van der Waals surface area contributed by atoms with Crippen LogP contribution in [0.5, 0.6) is 11.5 Å². The van der Waals surface area contributed by atoms with E-state index in [1.54, 1.807) is 14.2 Å². The summed E-state index contributed by atoms with van der Waals surface area (Å²) >= 11 is 1.21. The number of nitrogens with one attached hydrogen (secondary N) is 1. The first-order valence-electron chi connectivity index (χ1n) is 7.68. The lowest BCUT2D eigenvalue weighted by atomic mass is 10.1. The molecule has 25 heavy (non-hydrogen) atoms. The second-order valence-corrected chi connectivity index (χ2v) is 6.18. The van der Waals surface area contributed by atoms with Gasteiger partial charge in [0.1, 0.15) is 16.5 Å². The zero-order chi connectivity index (χ0) is 18.2. The maximum Gasteiger partial charge on any atom is 0.355 e.